The fraction of sp³-hybridized carbons (Fsp3) is 0.500. The van der Waals surface area contributed by atoms with Gasteiger partial charge in [-0.3, -0.25) is 4.79 Å². The summed E-state index contributed by atoms with van der Waals surface area (Å²) in [4.78, 5) is 12.9. The molecule has 1 N–H and O–H groups in total. The van der Waals surface area contributed by atoms with Gasteiger partial charge in [-0.25, -0.2) is 0 Å². The summed E-state index contributed by atoms with van der Waals surface area (Å²) in [7, 11) is 3.93. The highest BCUT2D eigenvalue weighted by Gasteiger charge is 2.26. The van der Waals surface area contributed by atoms with Crippen molar-refractivity contribution < 1.29 is 14.6 Å². The molecule has 0 bridgehead atoms. The van der Waals surface area contributed by atoms with Gasteiger partial charge < -0.3 is 14.7 Å². The van der Waals surface area contributed by atoms with Crippen LogP contribution in [0.3, 0.4) is 0 Å². The number of carboxylic acid groups (broad SMARTS) is 1. The van der Waals surface area contributed by atoms with Gasteiger partial charge in [0.2, 0.25) is 0 Å². The fourth-order valence-electron chi connectivity index (χ4n) is 1.38. The smallest absolute Gasteiger partial charge is 0.309 e. The zero-order valence-electron chi connectivity index (χ0n) is 11.4. The Morgan fingerprint density at radius 3 is 2.61 bits per heavy atom. The number of benzene rings is 1. The summed E-state index contributed by atoms with van der Waals surface area (Å²) in [5.41, 5.74) is 0.309. The maximum Gasteiger partial charge on any atom is 0.309 e. The van der Waals surface area contributed by atoms with E-state index in [0.29, 0.717) is 13.0 Å². The molecule has 18 heavy (non-hydrogen) atoms. The molecule has 1 rings (SSSR count). The van der Waals surface area contributed by atoms with Crippen LogP contribution in [0.2, 0.25) is 0 Å². The summed E-state index contributed by atoms with van der Waals surface area (Å²) in [6, 6.07) is 7.73. The Bertz CT molecular complexity index is 413. The Balaban J connectivity index is 2.54. The Morgan fingerprint density at radius 1 is 1.39 bits per heavy atom. The molecule has 0 aromatic heterocycles. The number of rotatable bonds is 6. The second-order valence-electron chi connectivity index (χ2n) is 5.18. The minimum atomic E-state index is -0.798. The van der Waals surface area contributed by atoms with Gasteiger partial charge in [-0.05, 0) is 32.4 Å². The lowest BCUT2D eigenvalue weighted by atomic mass is 9.90. The predicted molar refractivity (Wildman–Crippen MR) is 72.3 cm³/mol. The Hall–Kier alpha value is -1.71. The van der Waals surface area contributed by atoms with Crippen molar-refractivity contribution in [3.05, 3.63) is 24.3 Å². The van der Waals surface area contributed by atoms with Crippen LogP contribution in [0.1, 0.15) is 20.3 Å². The van der Waals surface area contributed by atoms with Crippen molar-refractivity contribution >= 4 is 11.7 Å². The van der Waals surface area contributed by atoms with E-state index in [-0.39, 0.29) is 0 Å². The second kappa shape index (κ2) is 5.76. The predicted octanol–water partition coefficient (Wildman–Crippen LogP) is 2.63. The SMILES string of the molecule is CN(C)c1cccc(OCCC(C)(C)C(=O)O)c1. The molecule has 4 nitrogen and oxygen atoms in total. The normalized spacial score (nSPS) is 11.1. The molecule has 0 fully saturated rings. The molecular formula is C14H21NO3. The first-order valence-electron chi connectivity index (χ1n) is 5.96. The highest BCUT2D eigenvalue weighted by atomic mass is 16.5. The van der Waals surface area contributed by atoms with E-state index < -0.39 is 11.4 Å². The van der Waals surface area contributed by atoms with E-state index in [4.69, 9.17) is 9.84 Å². The van der Waals surface area contributed by atoms with Crippen molar-refractivity contribution in [1.82, 2.24) is 0 Å². The van der Waals surface area contributed by atoms with Crippen molar-refractivity contribution in [2.24, 2.45) is 5.41 Å². The van der Waals surface area contributed by atoms with E-state index in [1.165, 1.54) is 0 Å². The standard InChI is InChI=1S/C14H21NO3/c1-14(2,13(16)17)8-9-18-12-7-5-6-11(10-12)15(3)4/h5-7,10H,8-9H2,1-4H3,(H,16,17). The molecule has 0 heterocycles. The van der Waals surface area contributed by atoms with Gasteiger partial charge in [0, 0.05) is 25.8 Å². The number of carboxylic acids is 1. The third-order valence-corrected chi connectivity index (χ3v) is 2.91. The number of aliphatic carboxylic acids is 1. The van der Waals surface area contributed by atoms with E-state index in [0.717, 1.165) is 11.4 Å². The topological polar surface area (TPSA) is 49.8 Å². The molecule has 0 atom stereocenters. The fourth-order valence-corrected chi connectivity index (χ4v) is 1.38. The van der Waals surface area contributed by atoms with E-state index in [1.54, 1.807) is 13.8 Å². The molecule has 0 aliphatic carbocycles. The Morgan fingerprint density at radius 2 is 2.06 bits per heavy atom. The molecule has 0 saturated heterocycles. The van der Waals surface area contributed by atoms with Gasteiger partial charge in [-0.1, -0.05) is 6.07 Å². The molecule has 0 unspecified atom stereocenters. The summed E-state index contributed by atoms with van der Waals surface area (Å²) >= 11 is 0. The molecule has 4 heteroatoms. The number of hydrogen-bond donors (Lipinski definition) is 1. The molecule has 0 radical (unpaired) electrons. The number of hydrogen-bond acceptors (Lipinski definition) is 3. The molecule has 0 aliphatic rings. The van der Waals surface area contributed by atoms with Crippen molar-refractivity contribution in [2.45, 2.75) is 20.3 Å². The Labute approximate surface area is 108 Å². The van der Waals surface area contributed by atoms with Crippen LogP contribution in [0.15, 0.2) is 24.3 Å². The Kier molecular flexibility index (Phi) is 4.59. The highest BCUT2D eigenvalue weighted by Crippen LogP contribution is 2.23. The first-order valence-corrected chi connectivity index (χ1v) is 5.96. The molecule has 100 valence electrons. The molecule has 0 amide bonds. The van der Waals surface area contributed by atoms with Crippen molar-refractivity contribution in [2.75, 3.05) is 25.6 Å². The highest BCUT2D eigenvalue weighted by molar-refractivity contribution is 5.73. The van der Waals surface area contributed by atoms with Crippen LogP contribution >= 0.6 is 0 Å². The van der Waals surface area contributed by atoms with Crippen LogP contribution < -0.4 is 9.64 Å². The van der Waals surface area contributed by atoms with E-state index in [1.807, 2.05) is 43.3 Å². The minimum absolute atomic E-state index is 0.399. The van der Waals surface area contributed by atoms with Gasteiger partial charge in [0.15, 0.2) is 0 Å². The molecule has 0 spiro atoms. The van der Waals surface area contributed by atoms with E-state index in [2.05, 4.69) is 0 Å². The van der Waals surface area contributed by atoms with Gasteiger partial charge in [0.25, 0.3) is 0 Å². The summed E-state index contributed by atoms with van der Waals surface area (Å²) < 4.78 is 5.59. The third kappa shape index (κ3) is 3.95. The van der Waals surface area contributed by atoms with Crippen LogP contribution in [-0.4, -0.2) is 31.8 Å². The van der Waals surface area contributed by atoms with Gasteiger partial charge in [-0.2, -0.15) is 0 Å². The molecule has 0 saturated carbocycles. The van der Waals surface area contributed by atoms with Gasteiger partial charge in [0.05, 0.1) is 12.0 Å². The average molecular weight is 251 g/mol. The molecular weight excluding hydrogens is 230 g/mol. The molecule has 0 aliphatic heterocycles. The van der Waals surface area contributed by atoms with Crippen molar-refractivity contribution in [1.29, 1.82) is 0 Å². The van der Waals surface area contributed by atoms with Crippen LogP contribution in [-0.2, 0) is 4.79 Å². The van der Waals surface area contributed by atoms with Crippen LogP contribution in [0, 0.1) is 5.41 Å². The molecule has 1 aromatic rings. The van der Waals surface area contributed by atoms with Gasteiger partial charge in [0.1, 0.15) is 5.75 Å². The summed E-state index contributed by atoms with van der Waals surface area (Å²) in [5, 5.41) is 8.99. The second-order valence-corrected chi connectivity index (χ2v) is 5.18. The first-order chi connectivity index (χ1) is 8.33. The van der Waals surface area contributed by atoms with E-state index >= 15 is 0 Å². The quantitative estimate of drug-likeness (QED) is 0.844. The largest absolute Gasteiger partial charge is 0.493 e. The summed E-state index contributed by atoms with van der Waals surface area (Å²) in [5.74, 6) is -0.0319. The van der Waals surface area contributed by atoms with E-state index in [9.17, 15) is 4.79 Å². The zero-order valence-corrected chi connectivity index (χ0v) is 11.4. The lowest BCUT2D eigenvalue weighted by molar-refractivity contribution is -0.147. The third-order valence-electron chi connectivity index (χ3n) is 2.91. The maximum atomic E-state index is 10.9. The average Bonchev–Trinajstić information content (AvgIpc) is 2.29. The summed E-state index contributed by atoms with van der Waals surface area (Å²) in [6.45, 7) is 3.81. The number of anilines is 1. The maximum absolute atomic E-state index is 10.9. The van der Waals surface area contributed by atoms with Crippen LogP contribution in [0.25, 0.3) is 0 Å². The number of ether oxygens (including phenoxy) is 1. The first kappa shape index (κ1) is 14.4. The van der Waals surface area contributed by atoms with Crippen molar-refractivity contribution in [3.8, 4) is 5.75 Å². The minimum Gasteiger partial charge on any atom is -0.493 e. The summed E-state index contributed by atoms with van der Waals surface area (Å²) in [6.07, 6.45) is 0.481. The zero-order chi connectivity index (χ0) is 13.8. The van der Waals surface area contributed by atoms with Crippen LogP contribution in [0.4, 0.5) is 5.69 Å². The molecule has 1 aromatic carbocycles. The van der Waals surface area contributed by atoms with Crippen molar-refractivity contribution in [3.63, 3.8) is 0 Å². The van der Waals surface area contributed by atoms with Crippen LogP contribution in [0.5, 0.6) is 5.75 Å². The van der Waals surface area contributed by atoms with Gasteiger partial charge in [-0.15, -0.1) is 0 Å². The lowest BCUT2D eigenvalue weighted by Crippen LogP contribution is -2.25. The number of carbonyl (C=O) groups is 1. The monoisotopic (exact) mass is 251 g/mol. The number of nitrogens with zero attached hydrogens (tertiary/aromatic N) is 1. The lowest BCUT2D eigenvalue weighted by Gasteiger charge is -2.19. The van der Waals surface area contributed by atoms with Gasteiger partial charge >= 0.3 is 5.97 Å².